The van der Waals surface area contributed by atoms with E-state index in [1.807, 2.05) is 38.1 Å². The van der Waals surface area contributed by atoms with Crippen molar-refractivity contribution in [1.82, 2.24) is 10.4 Å². The van der Waals surface area contributed by atoms with Crippen LogP contribution in [-0.4, -0.2) is 4.98 Å². The van der Waals surface area contributed by atoms with Crippen molar-refractivity contribution >= 4 is 11.6 Å². The van der Waals surface area contributed by atoms with Gasteiger partial charge in [0.2, 0.25) is 0 Å². The van der Waals surface area contributed by atoms with E-state index in [2.05, 4.69) is 16.5 Å². The average molecular weight is 276 g/mol. The van der Waals surface area contributed by atoms with Crippen LogP contribution in [-0.2, 0) is 6.42 Å². The van der Waals surface area contributed by atoms with Gasteiger partial charge in [-0.15, -0.1) is 0 Å². The third-order valence-electron chi connectivity index (χ3n) is 3.13. The lowest BCUT2D eigenvalue weighted by molar-refractivity contribution is 0.538. The van der Waals surface area contributed by atoms with Crippen LogP contribution in [0.3, 0.4) is 0 Å². The maximum absolute atomic E-state index is 6.26. The first-order valence-corrected chi connectivity index (χ1v) is 6.61. The lowest BCUT2D eigenvalue weighted by Gasteiger charge is -2.17. The Bertz CT molecular complexity index is 569. The molecule has 2 rings (SSSR count). The fraction of sp³-hybridized carbons (Fsp3) is 0.267. The van der Waals surface area contributed by atoms with Gasteiger partial charge in [-0.25, -0.2) is 0 Å². The number of halogens is 1. The Morgan fingerprint density at radius 3 is 2.58 bits per heavy atom. The molecule has 19 heavy (non-hydrogen) atoms. The Morgan fingerprint density at radius 1 is 1.21 bits per heavy atom. The molecule has 0 aliphatic rings. The van der Waals surface area contributed by atoms with E-state index in [0.29, 0.717) is 6.42 Å². The number of hydrogen-bond acceptors (Lipinski definition) is 3. The normalized spacial score (nSPS) is 12.4. The van der Waals surface area contributed by atoms with E-state index in [-0.39, 0.29) is 6.04 Å². The Balaban J connectivity index is 2.24. The molecule has 0 radical (unpaired) electrons. The van der Waals surface area contributed by atoms with E-state index >= 15 is 0 Å². The zero-order chi connectivity index (χ0) is 13.8. The number of hydrogen-bond donors (Lipinski definition) is 2. The van der Waals surface area contributed by atoms with Gasteiger partial charge in [0.15, 0.2) is 0 Å². The lowest BCUT2D eigenvalue weighted by atomic mass is 10.0. The van der Waals surface area contributed by atoms with Gasteiger partial charge < -0.3 is 0 Å². The minimum absolute atomic E-state index is 0.0416. The molecule has 0 fully saturated rings. The molecule has 3 nitrogen and oxygen atoms in total. The Hall–Kier alpha value is -1.42. The number of nitrogens with one attached hydrogen (secondary N) is 1. The lowest BCUT2D eigenvalue weighted by Crippen LogP contribution is -2.30. The van der Waals surface area contributed by atoms with Crippen molar-refractivity contribution < 1.29 is 0 Å². The van der Waals surface area contributed by atoms with Crippen LogP contribution < -0.4 is 11.3 Å². The molecule has 0 amide bonds. The van der Waals surface area contributed by atoms with Crippen molar-refractivity contribution in [3.8, 4) is 0 Å². The highest BCUT2D eigenvalue weighted by atomic mass is 35.5. The first-order valence-electron chi connectivity index (χ1n) is 6.24. The van der Waals surface area contributed by atoms with Crippen molar-refractivity contribution in [3.63, 3.8) is 0 Å². The van der Waals surface area contributed by atoms with Gasteiger partial charge in [-0.05, 0) is 55.2 Å². The highest BCUT2D eigenvalue weighted by Crippen LogP contribution is 2.23. The topological polar surface area (TPSA) is 50.9 Å². The number of hydrazine groups is 1. The molecule has 1 aromatic heterocycles. The number of aryl methyl sites for hydroxylation is 2. The molecule has 1 aromatic carbocycles. The van der Waals surface area contributed by atoms with Crippen LogP contribution in [0.15, 0.2) is 36.5 Å². The Morgan fingerprint density at radius 2 is 1.95 bits per heavy atom. The van der Waals surface area contributed by atoms with Gasteiger partial charge in [0.05, 0.1) is 11.7 Å². The molecule has 0 bridgehead atoms. The molecule has 1 heterocycles. The van der Waals surface area contributed by atoms with Crippen LogP contribution in [0.2, 0.25) is 5.02 Å². The molecule has 1 unspecified atom stereocenters. The fourth-order valence-corrected chi connectivity index (χ4v) is 2.35. The summed E-state index contributed by atoms with van der Waals surface area (Å²) in [6.07, 6.45) is 2.51. The summed E-state index contributed by atoms with van der Waals surface area (Å²) in [5.41, 5.74) is 7.13. The Kier molecular flexibility index (Phi) is 4.53. The predicted molar refractivity (Wildman–Crippen MR) is 78.9 cm³/mol. The van der Waals surface area contributed by atoms with Gasteiger partial charge in [0.1, 0.15) is 0 Å². The molecule has 0 aliphatic carbocycles. The number of rotatable bonds is 4. The van der Waals surface area contributed by atoms with Gasteiger partial charge in [0.25, 0.3) is 0 Å². The van der Waals surface area contributed by atoms with Gasteiger partial charge in [-0.3, -0.25) is 16.3 Å². The number of pyridine rings is 1. The second-order valence-electron chi connectivity index (χ2n) is 4.78. The van der Waals surface area contributed by atoms with Gasteiger partial charge >= 0.3 is 0 Å². The SMILES string of the molecule is Cc1ccnc(C(Cc2ccc(C)cc2Cl)NN)c1. The van der Waals surface area contributed by atoms with Crippen molar-refractivity contribution in [2.75, 3.05) is 0 Å². The number of nitrogens with two attached hydrogens (primary N) is 1. The van der Waals surface area contributed by atoms with Crippen LogP contribution in [0.1, 0.15) is 28.4 Å². The zero-order valence-electron chi connectivity index (χ0n) is 11.2. The molecule has 3 N–H and O–H groups in total. The van der Waals surface area contributed by atoms with Crippen LogP contribution >= 0.6 is 11.6 Å². The summed E-state index contributed by atoms with van der Waals surface area (Å²) in [5, 5.41) is 0.771. The summed E-state index contributed by atoms with van der Waals surface area (Å²) in [7, 11) is 0. The number of nitrogens with zero attached hydrogens (tertiary/aromatic N) is 1. The van der Waals surface area contributed by atoms with Crippen molar-refractivity contribution in [2.24, 2.45) is 5.84 Å². The minimum atomic E-state index is -0.0416. The van der Waals surface area contributed by atoms with Crippen molar-refractivity contribution in [3.05, 3.63) is 63.9 Å². The zero-order valence-corrected chi connectivity index (χ0v) is 11.9. The molecule has 2 aromatic rings. The number of benzene rings is 1. The summed E-state index contributed by atoms with van der Waals surface area (Å²) in [4.78, 5) is 4.37. The molecule has 0 saturated heterocycles. The largest absolute Gasteiger partial charge is 0.271 e. The maximum atomic E-state index is 6.26. The third-order valence-corrected chi connectivity index (χ3v) is 3.48. The average Bonchev–Trinajstić information content (AvgIpc) is 2.38. The summed E-state index contributed by atoms with van der Waals surface area (Å²) in [6, 6.07) is 10.0. The second-order valence-corrected chi connectivity index (χ2v) is 5.18. The molecular formula is C15H18ClN3. The molecule has 1 atom stereocenters. The molecule has 100 valence electrons. The van der Waals surface area contributed by atoms with Crippen molar-refractivity contribution in [2.45, 2.75) is 26.3 Å². The van der Waals surface area contributed by atoms with E-state index in [0.717, 1.165) is 21.8 Å². The van der Waals surface area contributed by atoms with Gasteiger partial charge in [-0.1, -0.05) is 23.7 Å². The molecule has 0 aliphatic heterocycles. The minimum Gasteiger partial charge on any atom is -0.271 e. The molecule has 4 heteroatoms. The smallest absolute Gasteiger partial charge is 0.0673 e. The summed E-state index contributed by atoms with van der Waals surface area (Å²) < 4.78 is 0. The van der Waals surface area contributed by atoms with E-state index in [1.54, 1.807) is 6.20 Å². The molecule has 0 saturated carbocycles. The summed E-state index contributed by atoms with van der Waals surface area (Å²) in [6.45, 7) is 4.06. The summed E-state index contributed by atoms with van der Waals surface area (Å²) >= 11 is 6.26. The first kappa shape index (κ1) is 14.0. The van der Waals surface area contributed by atoms with E-state index in [1.165, 1.54) is 5.56 Å². The predicted octanol–water partition coefficient (Wildman–Crippen LogP) is 3.10. The summed E-state index contributed by atoms with van der Waals surface area (Å²) in [5.74, 6) is 5.65. The van der Waals surface area contributed by atoms with E-state index < -0.39 is 0 Å². The van der Waals surface area contributed by atoms with Gasteiger partial charge in [-0.2, -0.15) is 0 Å². The highest BCUT2D eigenvalue weighted by molar-refractivity contribution is 6.31. The number of aromatic nitrogens is 1. The highest BCUT2D eigenvalue weighted by Gasteiger charge is 2.14. The Labute approximate surface area is 118 Å². The fourth-order valence-electron chi connectivity index (χ4n) is 2.04. The van der Waals surface area contributed by atoms with Crippen LogP contribution in [0.4, 0.5) is 0 Å². The first-order chi connectivity index (χ1) is 9.10. The maximum Gasteiger partial charge on any atom is 0.0673 e. The van der Waals surface area contributed by atoms with Gasteiger partial charge in [0, 0.05) is 11.2 Å². The standard InChI is InChI=1S/C15H18ClN3/c1-10-3-4-12(13(16)7-10)9-15(19-17)14-8-11(2)5-6-18-14/h3-8,15,19H,9,17H2,1-2H3. The molecule has 0 spiro atoms. The van der Waals surface area contributed by atoms with E-state index in [4.69, 9.17) is 17.4 Å². The van der Waals surface area contributed by atoms with E-state index in [9.17, 15) is 0 Å². The van der Waals surface area contributed by atoms with Crippen LogP contribution in [0, 0.1) is 13.8 Å². The van der Waals surface area contributed by atoms with Crippen molar-refractivity contribution in [1.29, 1.82) is 0 Å². The van der Waals surface area contributed by atoms with Crippen LogP contribution in [0.25, 0.3) is 0 Å². The second kappa shape index (κ2) is 6.15. The van der Waals surface area contributed by atoms with Crippen LogP contribution in [0.5, 0.6) is 0 Å². The quantitative estimate of drug-likeness (QED) is 0.666. The monoisotopic (exact) mass is 275 g/mol. The molecular weight excluding hydrogens is 258 g/mol. The third kappa shape index (κ3) is 3.53.